The number of benzene rings is 1. The summed E-state index contributed by atoms with van der Waals surface area (Å²) in [5.41, 5.74) is 4.27. The van der Waals surface area contributed by atoms with Crippen LogP contribution >= 0.6 is 0 Å². The van der Waals surface area contributed by atoms with Crippen molar-refractivity contribution in [2.45, 2.75) is 39.5 Å². The van der Waals surface area contributed by atoms with E-state index in [9.17, 15) is 0 Å². The van der Waals surface area contributed by atoms with Crippen molar-refractivity contribution in [1.82, 2.24) is 4.98 Å². The quantitative estimate of drug-likeness (QED) is 0.717. The van der Waals surface area contributed by atoms with E-state index in [0.717, 1.165) is 6.42 Å². The van der Waals surface area contributed by atoms with Crippen molar-refractivity contribution in [3.05, 3.63) is 35.5 Å². The molecule has 0 fully saturated rings. The standard InChI is InChI=1S/C14H19N/c1-5-10-6-7-11-12(14(2,3)4)9-15-13(11)8-10/h6-9,15H,5H2,1-4H3. The lowest BCUT2D eigenvalue weighted by Crippen LogP contribution is -2.09. The van der Waals surface area contributed by atoms with Gasteiger partial charge in [-0.2, -0.15) is 0 Å². The van der Waals surface area contributed by atoms with E-state index < -0.39 is 0 Å². The smallest absolute Gasteiger partial charge is 0.0459 e. The van der Waals surface area contributed by atoms with Crippen molar-refractivity contribution in [3.8, 4) is 0 Å². The predicted molar refractivity (Wildman–Crippen MR) is 66.4 cm³/mol. The van der Waals surface area contributed by atoms with Crippen molar-refractivity contribution >= 4 is 10.9 Å². The number of hydrogen-bond acceptors (Lipinski definition) is 0. The van der Waals surface area contributed by atoms with Crippen molar-refractivity contribution in [2.24, 2.45) is 0 Å². The first-order valence-electron chi connectivity index (χ1n) is 5.63. The van der Waals surface area contributed by atoms with E-state index >= 15 is 0 Å². The first kappa shape index (κ1) is 10.3. The third kappa shape index (κ3) is 1.79. The van der Waals surface area contributed by atoms with E-state index in [-0.39, 0.29) is 5.41 Å². The highest BCUT2D eigenvalue weighted by molar-refractivity contribution is 5.84. The molecule has 80 valence electrons. The zero-order valence-corrected chi connectivity index (χ0v) is 10.0. The summed E-state index contributed by atoms with van der Waals surface area (Å²) in [4.78, 5) is 3.37. The molecule has 15 heavy (non-hydrogen) atoms. The van der Waals surface area contributed by atoms with Crippen LogP contribution in [0.15, 0.2) is 24.4 Å². The van der Waals surface area contributed by atoms with E-state index in [2.05, 4.69) is 57.1 Å². The van der Waals surface area contributed by atoms with Gasteiger partial charge in [-0.1, -0.05) is 39.8 Å². The van der Waals surface area contributed by atoms with Gasteiger partial charge < -0.3 is 4.98 Å². The minimum absolute atomic E-state index is 0.214. The zero-order chi connectivity index (χ0) is 11.1. The van der Waals surface area contributed by atoms with Crippen LogP contribution in [0.4, 0.5) is 0 Å². The number of aromatic nitrogens is 1. The maximum absolute atomic E-state index is 3.37. The fraction of sp³-hybridized carbons (Fsp3) is 0.429. The Morgan fingerprint density at radius 1 is 1.20 bits per heavy atom. The minimum atomic E-state index is 0.214. The summed E-state index contributed by atoms with van der Waals surface area (Å²) < 4.78 is 0. The molecule has 0 saturated carbocycles. The number of H-pyrrole nitrogens is 1. The third-order valence-corrected chi connectivity index (χ3v) is 2.96. The Bertz CT molecular complexity index is 472. The predicted octanol–water partition coefficient (Wildman–Crippen LogP) is 4.03. The monoisotopic (exact) mass is 201 g/mol. The zero-order valence-electron chi connectivity index (χ0n) is 10.0. The minimum Gasteiger partial charge on any atom is -0.361 e. The lowest BCUT2D eigenvalue weighted by Gasteiger charge is -2.17. The Kier molecular flexibility index (Phi) is 2.34. The normalized spacial score (nSPS) is 12.3. The van der Waals surface area contributed by atoms with Crippen LogP contribution < -0.4 is 0 Å². The summed E-state index contributed by atoms with van der Waals surface area (Å²) in [6.07, 6.45) is 3.24. The molecule has 1 heterocycles. The molecule has 0 amide bonds. The number of aryl methyl sites for hydroxylation is 1. The first-order chi connectivity index (χ1) is 7.02. The average Bonchev–Trinajstić information content (AvgIpc) is 2.59. The molecule has 1 heteroatoms. The highest BCUT2D eigenvalue weighted by atomic mass is 14.7. The first-order valence-corrected chi connectivity index (χ1v) is 5.63. The van der Waals surface area contributed by atoms with Crippen molar-refractivity contribution < 1.29 is 0 Å². The lowest BCUT2D eigenvalue weighted by molar-refractivity contribution is 0.596. The summed E-state index contributed by atoms with van der Waals surface area (Å²) in [5.74, 6) is 0. The number of rotatable bonds is 1. The van der Waals surface area contributed by atoms with Gasteiger partial charge in [0.2, 0.25) is 0 Å². The van der Waals surface area contributed by atoms with Gasteiger partial charge in [0.05, 0.1) is 0 Å². The van der Waals surface area contributed by atoms with Gasteiger partial charge in [-0.05, 0) is 29.0 Å². The Labute approximate surface area is 91.5 Å². The fourth-order valence-electron chi connectivity index (χ4n) is 2.01. The maximum Gasteiger partial charge on any atom is 0.0459 e. The van der Waals surface area contributed by atoms with Gasteiger partial charge in [-0.15, -0.1) is 0 Å². The van der Waals surface area contributed by atoms with Gasteiger partial charge in [0.25, 0.3) is 0 Å². The molecule has 0 saturated heterocycles. The molecule has 0 unspecified atom stereocenters. The number of aromatic amines is 1. The highest BCUT2D eigenvalue weighted by Gasteiger charge is 2.17. The van der Waals surface area contributed by atoms with Crippen LogP contribution in [-0.2, 0) is 11.8 Å². The molecule has 1 aromatic carbocycles. The van der Waals surface area contributed by atoms with Gasteiger partial charge in [0.15, 0.2) is 0 Å². The Morgan fingerprint density at radius 3 is 2.53 bits per heavy atom. The molecule has 0 bridgehead atoms. The van der Waals surface area contributed by atoms with Gasteiger partial charge in [-0.3, -0.25) is 0 Å². The van der Waals surface area contributed by atoms with E-state index in [1.54, 1.807) is 0 Å². The largest absolute Gasteiger partial charge is 0.361 e. The molecule has 1 N–H and O–H groups in total. The molecule has 2 aromatic rings. The number of hydrogen-bond donors (Lipinski definition) is 1. The van der Waals surface area contributed by atoms with E-state index in [1.165, 1.54) is 22.0 Å². The van der Waals surface area contributed by atoms with Crippen LogP contribution in [0.2, 0.25) is 0 Å². The molecular formula is C14H19N. The molecule has 0 atom stereocenters. The molecule has 0 spiro atoms. The summed E-state index contributed by atoms with van der Waals surface area (Å²) in [6, 6.07) is 6.72. The van der Waals surface area contributed by atoms with Crippen LogP contribution in [0.3, 0.4) is 0 Å². The molecule has 1 nitrogen and oxygen atoms in total. The van der Waals surface area contributed by atoms with E-state index in [1.807, 2.05) is 0 Å². The fourth-order valence-corrected chi connectivity index (χ4v) is 2.01. The van der Waals surface area contributed by atoms with Gasteiger partial charge in [0.1, 0.15) is 0 Å². The second kappa shape index (κ2) is 3.41. The Hall–Kier alpha value is -1.24. The molecule has 0 aliphatic heterocycles. The topological polar surface area (TPSA) is 15.8 Å². The highest BCUT2D eigenvalue weighted by Crippen LogP contribution is 2.30. The van der Waals surface area contributed by atoms with Crippen LogP contribution in [0.5, 0.6) is 0 Å². The van der Waals surface area contributed by atoms with Crippen LogP contribution in [-0.4, -0.2) is 4.98 Å². The molecule has 0 aliphatic carbocycles. The molecule has 2 rings (SSSR count). The summed E-state index contributed by atoms with van der Waals surface area (Å²) in [7, 11) is 0. The third-order valence-electron chi connectivity index (χ3n) is 2.96. The average molecular weight is 201 g/mol. The van der Waals surface area contributed by atoms with Gasteiger partial charge in [-0.25, -0.2) is 0 Å². The van der Waals surface area contributed by atoms with Crippen LogP contribution in [0.1, 0.15) is 38.8 Å². The summed E-state index contributed by atoms with van der Waals surface area (Å²) in [5, 5.41) is 1.36. The van der Waals surface area contributed by atoms with Crippen LogP contribution in [0, 0.1) is 0 Å². The molecule has 1 aromatic heterocycles. The molecular weight excluding hydrogens is 182 g/mol. The van der Waals surface area contributed by atoms with E-state index in [0.29, 0.717) is 0 Å². The number of nitrogens with one attached hydrogen (secondary N) is 1. The second-order valence-electron chi connectivity index (χ2n) is 5.19. The second-order valence-corrected chi connectivity index (χ2v) is 5.19. The maximum atomic E-state index is 3.37. The SMILES string of the molecule is CCc1ccc2c(C(C)(C)C)c[nH]c2c1. The van der Waals surface area contributed by atoms with Crippen molar-refractivity contribution in [2.75, 3.05) is 0 Å². The summed E-state index contributed by atoms with van der Waals surface area (Å²) >= 11 is 0. The number of fused-ring (bicyclic) bond motifs is 1. The lowest BCUT2D eigenvalue weighted by atomic mass is 9.87. The summed E-state index contributed by atoms with van der Waals surface area (Å²) in [6.45, 7) is 8.95. The van der Waals surface area contributed by atoms with Crippen molar-refractivity contribution in [1.29, 1.82) is 0 Å². The molecule has 0 aliphatic rings. The van der Waals surface area contributed by atoms with Gasteiger partial charge >= 0.3 is 0 Å². The van der Waals surface area contributed by atoms with Crippen molar-refractivity contribution in [3.63, 3.8) is 0 Å². The Balaban J connectivity index is 2.62. The van der Waals surface area contributed by atoms with Crippen LogP contribution in [0.25, 0.3) is 10.9 Å². The molecule has 0 radical (unpaired) electrons. The Morgan fingerprint density at radius 2 is 1.93 bits per heavy atom. The van der Waals surface area contributed by atoms with E-state index in [4.69, 9.17) is 0 Å². The van der Waals surface area contributed by atoms with Gasteiger partial charge in [0, 0.05) is 17.1 Å².